The van der Waals surface area contributed by atoms with Crippen molar-refractivity contribution in [1.82, 2.24) is 0 Å². The van der Waals surface area contributed by atoms with E-state index in [4.69, 9.17) is 0 Å². The Kier molecular flexibility index (Phi) is 4.32. The second-order valence-electron chi connectivity index (χ2n) is 2.77. The van der Waals surface area contributed by atoms with Crippen molar-refractivity contribution in [3.63, 3.8) is 0 Å². The monoisotopic (exact) mass is 255 g/mol. The van der Waals surface area contributed by atoms with Crippen LogP contribution in [0.3, 0.4) is 0 Å². The van der Waals surface area contributed by atoms with E-state index in [2.05, 4.69) is 15.9 Å². The largest absolute Gasteiger partial charge is 0.265 e. The lowest BCUT2D eigenvalue weighted by atomic mass is 10.2. The van der Waals surface area contributed by atoms with E-state index in [-0.39, 0.29) is 11.5 Å². The van der Waals surface area contributed by atoms with Gasteiger partial charge in [-0.05, 0) is 11.6 Å². The van der Waals surface area contributed by atoms with Crippen molar-refractivity contribution in [2.75, 3.05) is 6.54 Å². The molecule has 0 amide bonds. The van der Waals surface area contributed by atoms with E-state index in [0.717, 1.165) is 10.0 Å². The minimum atomic E-state index is -0.315. The van der Waals surface area contributed by atoms with Gasteiger partial charge in [0, 0.05) is 15.8 Å². The molecule has 1 aromatic carbocycles. The van der Waals surface area contributed by atoms with Gasteiger partial charge in [-0.2, -0.15) is 0 Å². The fourth-order valence-electron chi connectivity index (χ4n) is 1.00. The maximum absolute atomic E-state index is 10.0. The summed E-state index contributed by atoms with van der Waals surface area (Å²) in [5.74, 6) is 0. The average Bonchev–Trinajstić information content (AvgIpc) is 2.15. The summed E-state index contributed by atoms with van der Waals surface area (Å²) >= 11 is 3.39. The standard InChI is InChI=1S/C10H10BrNO2/c11-10-7-2-1-5-9(10)6-3-4-8-12(13)14/h1-3,5-7H,4,8H2/b6-3+. The van der Waals surface area contributed by atoms with Crippen LogP contribution < -0.4 is 0 Å². The lowest BCUT2D eigenvalue weighted by molar-refractivity contribution is -0.478. The van der Waals surface area contributed by atoms with Crippen LogP contribution in [-0.2, 0) is 0 Å². The summed E-state index contributed by atoms with van der Waals surface area (Å²) in [6, 6.07) is 7.75. The molecule has 0 N–H and O–H groups in total. The van der Waals surface area contributed by atoms with Crippen LogP contribution in [-0.4, -0.2) is 11.5 Å². The van der Waals surface area contributed by atoms with Gasteiger partial charge < -0.3 is 0 Å². The quantitative estimate of drug-likeness (QED) is 0.613. The summed E-state index contributed by atoms with van der Waals surface area (Å²) in [6.45, 7) is -0.0129. The number of nitro groups is 1. The predicted octanol–water partition coefficient (Wildman–Crippen LogP) is 3.13. The molecule has 74 valence electrons. The lowest BCUT2D eigenvalue weighted by Crippen LogP contribution is -1.97. The van der Waals surface area contributed by atoms with Crippen molar-refractivity contribution in [2.45, 2.75) is 6.42 Å². The molecular weight excluding hydrogens is 246 g/mol. The highest BCUT2D eigenvalue weighted by molar-refractivity contribution is 9.10. The first-order valence-corrected chi connectivity index (χ1v) is 5.02. The van der Waals surface area contributed by atoms with E-state index in [9.17, 15) is 10.1 Å². The summed E-state index contributed by atoms with van der Waals surface area (Å²) < 4.78 is 0.998. The minimum absolute atomic E-state index is 0.0129. The van der Waals surface area contributed by atoms with Crippen molar-refractivity contribution >= 4 is 22.0 Å². The van der Waals surface area contributed by atoms with Crippen LogP contribution in [0.15, 0.2) is 34.8 Å². The fraction of sp³-hybridized carbons (Fsp3) is 0.200. The summed E-state index contributed by atoms with van der Waals surface area (Å²) in [6.07, 6.45) is 4.16. The summed E-state index contributed by atoms with van der Waals surface area (Å²) in [4.78, 5) is 9.72. The molecular formula is C10H10BrNO2. The molecule has 0 aliphatic rings. The van der Waals surface area contributed by atoms with Crippen molar-refractivity contribution in [3.8, 4) is 0 Å². The highest BCUT2D eigenvalue weighted by Gasteiger charge is 1.94. The molecule has 1 rings (SSSR count). The Balaban J connectivity index is 2.52. The zero-order valence-corrected chi connectivity index (χ0v) is 9.11. The highest BCUT2D eigenvalue weighted by atomic mass is 79.9. The van der Waals surface area contributed by atoms with Gasteiger partial charge in [-0.15, -0.1) is 0 Å². The van der Waals surface area contributed by atoms with E-state index in [1.807, 2.05) is 36.4 Å². The normalized spacial score (nSPS) is 10.6. The molecule has 0 bridgehead atoms. The van der Waals surface area contributed by atoms with Crippen molar-refractivity contribution in [2.24, 2.45) is 0 Å². The number of halogens is 1. The number of nitrogens with zero attached hydrogens (tertiary/aromatic N) is 1. The molecule has 0 aromatic heterocycles. The molecule has 0 atom stereocenters. The van der Waals surface area contributed by atoms with E-state index in [1.165, 1.54) is 0 Å². The molecule has 0 fully saturated rings. The molecule has 0 radical (unpaired) electrons. The van der Waals surface area contributed by atoms with E-state index >= 15 is 0 Å². The van der Waals surface area contributed by atoms with Crippen LogP contribution in [0.5, 0.6) is 0 Å². The Labute approximate surface area is 90.7 Å². The van der Waals surface area contributed by atoms with Crippen molar-refractivity contribution in [3.05, 3.63) is 50.5 Å². The molecule has 0 saturated heterocycles. The summed E-state index contributed by atoms with van der Waals surface area (Å²) in [5, 5.41) is 10.0. The predicted molar refractivity (Wildman–Crippen MR) is 59.7 cm³/mol. The molecule has 1 aromatic rings. The maximum Gasteiger partial charge on any atom is 0.207 e. The SMILES string of the molecule is O=[N+]([O-])CC/C=C/c1ccccc1Br. The number of benzene rings is 1. The average molecular weight is 256 g/mol. The van der Waals surface area contributed by atoms with Crippen LogP contribution in [0.1, 0.15) is 12.0 Å². The Morgan fingerprint density at radius 2 is 2.14 bits per heavy atom. The van der Waals surface area contributed by atoms with Crippen LogP contribution in [0, 0.1) is 10.1 Å². The molecule has 3 nitrogen and oxygen atoms in total. The fourth-order valence-corrected chi connectivity index (χ4v) is 1.42. The minimum Gasteiger partial charge on any atom is -0.265 e. The number of rotatable bonds is 4. The van der Waals surface area contributed by atoms with Crippen LogP contribution in [0.4, 0.5) is 0 Å². The van der Waals surface area contributed by atoms with E-state index in [0.29, 0.717) is 6.42 Å². The van der Waals surface area contributed by atoms with Crippen LogP contribution in [0.2, 0.25) is 0 Å². The van der Waals surface area contributed by atoms with E-state index in [1.54, 1.807) is 0 Å². The Bertz CT molecular complexity index is 350. The Morgan fingerprint density at radius 1 is 1.43 bits per heavy atom. The van der Waals surface area contributed by atoms with Crippen molar-refractivity contribution in [1.29, 1.82) is 0 Å². The third-order valence-electron chi connectivity index (χ3n) is 1.68. The second kappa shape index (κ2) is 5.54. The first-order chi connectivity index (χ1) is 6.70. The van der Waals surface area contributed by atoms with Crippen molar-refractivity contribution < 1.29 is 4.92 Å². The van der Waals surface area contributed by atoms with Gasteiger partial charge >= 0.3 is 0 Å². The van der Waals surface area contributed by atoms with Gasteiger partial charge in [-0.25, -0.2) is 0 Å². The van der Waals surface area contributed by atoms with Crippen LogP contribution >= 0.6 is 15.9 Å². The zero-order valence-electron chi connectivity index (χ0n) is 7.52. The van der Waals surface area contributed by atoms with Gasteiger partial charge in [-0.3, -0.25) is 10.1 Å². The third-order valence-corrected chi connectivity index (χ3v) is 2.40. The maximum atomic E-state index is 10.0. The molecule has 14 heavy (non-hydrogen) atoms. The topological polar surface area (TPSA) is 43.1 Å². The number of hydrogen-bond acceptors (Lipinski definition) is 2. The molecule has 0 aliphatic carbocycles. The first-order valence-electron chi connectivity index (χ1n) is 4.23. The first kappa shape index (κ1) is 10.9. The molecule has 0 aliphatic heterocycles. The molecule has 0 spiro atoms. The second-order valence-corrected chi connectivity index (χ2v) is 3.62. The lowest BCUT2D eigenvalue weighted by Gasteiger charge is -1.95. The summed E-state index contributed by atoms with van der Waals surface area (Å²) in [5.41, 5.74) is 1.04. The van der Waals surface area contributed by atoms with Gasteiger partial charge in [0.1, 0.15) is 0 Å². The highest BCUT2D eigenvalue weighted by Crippen LogP contribution is 2.17. The smallest absolute Gasteiger partial charge is 0.207 e. The van der Waals surface area contributed by atoms with Gasteiger partial charge in [-0.1, -0.05) is 46.3 Å². The molecule has 0 heterocycles. The summed E-state index contributed by atoms with van der Waals surface area (Å²) in [7, 11) is 0. The van der Waals surface area contributed by atoms with Gasteiger partial charge in [0.15, 0.2) is 0 Å². The Morgan fingerprint density at radius 3 is 2.79 bits per heavy atom. The Hall–Kier alpha value is -1.16. The van der Waals surface area contributed by atoms with Gasteiger partial charge in [0.2, 0.25) is 6.54 Å². The number of hydrogen-bond donors (Lipinski definition) is 0. The van der Waals surface area contributed by atoms with Gasteiger partial charge in [0.05, 0.1) is 0 Å². The van der Waals surface area contributed by atoms with E-state index < -0.39 is 0 Å². The molecule has 0 saturated carbocycles. The zero-order chi connectivity index (χ0) is 10.4. The van der Waals surface area contributed by atoms with Crippen LogP contribution in [0.25, 0.3) is 6.08 Å². The molecule has 4 heteroatoms. The molecule has 0 unspecified atom stereocenters. The van der Waals surface area contributed by atoms with Gasteiger partial charge in [0.25, 0.3) is 0 Å². The third kappa shape index (κ3) is 3.70.